The first-order valence-corrected chi connectivity index (χ1v) is 10.7. The maximum atomic E-state index is 12.6. The van der Waals surface area contributed by atoms with Gasteiger partial charge in [-0.2, -0.15) is 0 Å². The van der Waals surface area contributed by atoms with Crippen molar-refractivity contribution < 1.29 is 14.3 Å². The number of likely N-dealkylation sites (tertiary alicyclic amines) is 2. The highest BCUT2D eigenvalue weighted by Gasteiger charge is 2.32. The van der Waals surface area contributed by atoms with Crippen molar-refractivity contribution in [1.82, 2.24) is 20.1 Å². The maximum absolute atomic E-state index is 12.6. The Morgan fingerprint density at radius 3 is 2.74 bits per heavy atom. The Morgan fingerprint density at radius 2 is 2.07 bits per heavy atom. The Morgan fingerprint density at radius 1 is 1.30 bits per heavy atom. The van der Waals surface area contributed by atoms with Gasteiger partial charge in [0.1, 0.15) is 5.69 Å². The van der Waals surface area contributed by atoms with E-state index >= 15 is 0 Å². The molecule has 3 rings (SSSR count). The summed E-state index contributed by atoms with van der Waals surface area (Å²) in [6.45, 7) is 6.44. The number of rotatable bonds is 6. The number of ether oxygens (including phenoxy) is 1. The fourth-order valence-corrected chi connectivity index (χ4v) is 4.62. The highest BCUT2D eigenvalue weighted by atomic mass is 32.1. The summed E-state index contributed by atoms with van der Waals surface area (Å²) >= 11 is 1.52. The van der Waals surface area contributed by atoms with E-state index in [9.17, 15) is 9.59 Å². The van der Waals surface area contributed by atoms with Crippen LogP contribution in [0.15, 0.2) is 5.38 Å². The predicted octanol–water partition coefficient (Wildman–Crippen LogP) is 1.53. The second-order valence-electron chi connectivity index (χ2n) is 7.39. The zero-order valence-electron chi connectivity index (χ0n) is 16.3. The van der Waals surface area contributed by atoms with Crippen molar-refractivity contribution in [1.29, 1.82) is 0 Å². The monoisotopic (exact) mass is 394 g/mol. The number of aromatic nitrogens is 1. The van der Waals surface area contributed by atoms with Crippen LogP contribution in [0, 0.1) is 12.8 Å². The summed E-state index contributed by atoms with van der Waals surface area (Å²) in [6.07, 6.45) is 3.94. The lowest BCUT2D eigenvalue weighted by atomic mass is 9.93. The largest absolute Gasteiger partial charge is 0.383 e. The molecule has 1 aromatic heterocycles. The summed E-state index contributed by atoms with van der Waals surface area (Å²) in [5.74, 6) is 0.253. The predicted molar refractivity (Wildman–Crippen MR) is 105 cm³/mol. The van der Waals surface area contributed by atoms with Gasteiger partial charge in [0.15, 0.2) is 0 Å². The van der Waals surface area contributed by atoms with Gasteiger partial charge in [-0.15, -0.1) is 11.3 Å². The molecule has 150 valence electrons. The number of piperidine rings is 2. The Balaban J connectivity index is 1.47. The standard InChI is InChI=1S/C19H30N4O3S/c1-14-21-17(13-27-14)19(25)22-9-5-16(6-10-22)23-8-3-4-15(12-23)18(24)20-7-11-26-2/h13,15-16H,3-12H2,1-2H3,(H,20,24)/t15-/m1/s1. The van der Waals surface area contributed by atoms with Gasteiger partial charge < -0.3 is 15.0 Å². The number of amides is 2. The number of hydrogen-bond donors (Lipinski definition) is 1. The molecule has 27 heavy (non-hydrogen) atoms. The lowest BCUT2D eigenvalue weighted by Crippen LogP contribution is -2.51. The second kappa shape index (κ2) is 9.61. The molecule has 2 fully saturated rings. The summed E-state index contributed by atoms with van der Waals surface area (Å²) in [6, 6.07) is 0.459. The number of methoxy groups -OCH3 is 1. The van der Waals surface area contributed by atoms with Crippen molar-refractivity contribution in [2.24, 2.45) is 5.92 Å². The topological polar surface area (TPSA) is 74.8 Å². The maximum Gasteiger partial charge on any atom is 0.273 e. The van der Waals surface area contributed by atoms with Gasteiger partial charge in [0, 0.05) is 44.7 Å². The SMILES string of the molecule is COCCNC(=O)[C@@H]1CCCN(C2CCN(C(=O)c3csc(C)n3)CC2)C1. The van der Waals surface area contributed by atoms with Gasteiger partial charge in [-0.05, 0) is 39.2 Å². The molecule has 1 aromatic rings. The molecule has 2 amide bonds. The minimum Gasteiger partial charge on any atom is -0.383 e. The lowest BCUT2D eigenvalue weighted by Gasteiger charge is -2.41. The van der Waals surface area contributed by atoms with E-state index in [-0.39, 0.29) is 17.7 Å². The van der Waals surface area contributed by atoms with E-state index in [2.05, 4.69) is 15.2 Å². The van der Waals surface area contributed by atoms with Crippen molar-refractivity contribution in [3.05, 3.63) is 16.1 Å². The minimum absolute atomic E-state index is 0.0480. The van der Waals surface area contributed by atoms with Crippen molar-refractivity contribution >= 4 is 23.2 Å². The zero-order chi connectivity index (χ0) is 19.2. The molecule has 2 aliphatic heterocycles. The van der Waals surface area contributed by atoms with Crippen LogP contribution in [-0.2, 0) is 9.53 Å². The van der Waals surface area contributed by atoms with E-state index in [1.807, 2.05) is 17.2 Å². The Bertz CT molecular complexity index is 643. The molecule has 0 saturated carbocycles. The van der Waals surface area contributed by atoms with Crippen molar-refractivity contribution in [2.75, 3.05) is 46.4 Å². The third-order valence-corrected chi connectivity index (χ3v) is 6.31. The molecule has 1 N–H and O–H groups in total. The molecule has 8 heteroatoms. The fraction of sp³-hybridized carbons (Fsp3) is 0.737. The van der Waals surface area contributed by atoms with Crippen LogP contribution in [-0.4, -0.2) is 79.1 Å². The Kier molecular flexibility index (Phi) is 7.20. The van der Waals surface area contributed by atoms with Crippen LogP contribution in [0.3, 0.4) is 0 Å². The van der Waals surface area contributed by atoms with Crippen LogP contribution in [0.1, 0.15) is 41.2 Å². The second-order valence-corrected chi connectivity index (χ2v) is 8.46. The van der Waals surface area contributed by atoms with E-state index in [1.54, 1.807) is 7.11 Å². The number of hydrogen-bond acceptors (Lipinski definition) is 6. The Labute approximate surface area is 165 Å². The summed E-state index contributed by atoms with van der Waals surface area (Å²) in [4.78, 5) is 33.6. The van der Waals surface area contributed by atoms with Crippen LogP contribution < -0.4 is 5.32 Å². The normalized spacial score (nSPS) is 22.0. The molecule has 2 aliphatic rings. The van der Waals surface area contributed by atoms with Gasteiger partial charge in [0.25, 0.3) is 5.91 Å². The number of carbonyl (C=O) groups excluding carboxylic acids is 2. The average Bonchev–Trinajstić information content (AvgIpc) is 3.14. The number of thiazole rings is 1. The molecule has 0 aromatic carbocycles. The summed E-state index contributed by atoms with van der Waals surface area (Å²) in [5, 5.41) is 5.75. The van der Waals surface area contributed by atoms with Crippen LogP contribution in [0.25, 0.3) is 0 Å². The van der Waals surface area contributed by atoms with Crippen molar-refractivity contribution in [3.63, 3.8) is 0 Å². The molecular weight excluding hydrogens is 364 g/mol. The number of nitrogens with zero attached hydrogens (tertiary/aromatic N) is 3. The third-order valence-electron chi connectivity index (χ3n) is 5.54. The highest BCUT2D eigenvalue weighted by molar-refractivity contribution is 7.09. The third kappa shape index (κ3) is 5.27. The van der Waals surface area contributed by atoms with Crippen molar-refractivity contribution in [2.45, 2.75) is 38.6 Å². The molecule has 0 radical (unpaired) electrons. The molecule has 2 saturated heterocycles. The molecule has 0 spiro atoms. The van der Waals surface area contributed by atoms with Crippen LogP contribution in [0.5, 0.6) is 0 Å². The van der Waals surface area contributed by atoms with E-state index in [0.29, 0.717) is 24.9 Å². The van der Waals surface area contributed by atoms with E-state index in [1.165, 1.54) is 11.3 Å². The van der Waals surface area contributed by atoms with E-state index in [4.69, 9.17) is 4.74 Å². The molecule has 3 heterocycles. The van der Waals surface area contributed by atoms with E-state index < -0.39 is 0 Å². The molecule has 0 bridgehead atoms. The quantitative estimate of drug-likeness (QED) is 0.741. The molecule has 7 nitrogen and oxygen atoms in total. The van der Waals surface area contributed by atoms with Crippen molar-refractivity contribution in [3.8, 4) is 0 Å². The van der Waals surface area contributed by atoms with Gasteiger partial charge in [-0.25, -0.2) is 4.98 Å². The van der Waals surface area contributed by atoms with Gasteiger partial charge in [-0.1, -0.05) is 0 Å². The van der Waals surface area contributed by atoms with Crippen LogP contribution in [0.4, 0.5) is 0 Å². The lowest BCUT2D eigenvalue weighted by molar-refractivity contribution is -0.127. The average molecular weight is 395 g/mol. The summed E-state index contributed by atoms with van der Waals surface area (Å²) < 4.78 is 5.00. The minimum atomic E-state index is 0.0480. The van der Waals surface area contributed by atoms with E-state index in [0.717, 1.165) is 56.9 Å². The highest BCUT2D eigenvalue weighted by Crippen LogP contribution is 2.25. The molecule has 1 atom stereocenters. The Hall–Kier alpha value is -1.51. The fourth-order valence-electron chi connectivity index (χ4n) is 4.03. The number of carbonyl (C=O) groups is 2. The molecular formula is C19H30N4O3S. The van der Waals surface area contributed by atoms with Gasteiger partial charge in [0.05, 0.1) is 17.5 Å². The van der Waals surface area contributed by atoms with Gasteiger partial charge >= 0.3 is 0 Å². The zero-order valence-corrected chi connectivity index (χ0v) is 17.1. The molecule has 0 unspecified atom stereocenters. The van der Waals surface area contributed by atoms with Crippen LogP contribution in [0.2, 0.25) is 0 Å². The number of nitrogens with one attached hydrogen (secondary N) is 1. The van der Waals surface area contributed by atoms with Crippen LogP contribution >= 0.6 is 11.3 Å². The smallest absolute Gasteiger partial charge is 0.273 e. The first-order valence-electron chi connectivity index (χ1n) is 9.80. The summed E-state index contributed by atoms with van der Waals surface area (Å²) in [7, 11) is 1.64. The van der Waals surface area contributed by atoms with Gasteiger partial charge in [0.2, 0.25) is 5.91 Å². The number of aryl methyl sites for hydroxylation is 1. The first-order chi connectivity index (χ1) is 13.1. The first kappa shape index (κ1) is 20.2. The summed E-state index contributed by atoms with van der Waals surface area (Å²) in [5.41, 5.74) is 0.571. The molecule has 0 aliphatic carbocycles. The van der Waals surface area contributed by atoms with Gasteiger partial charge in [-0.3, -0.25) is 14.5 Å².